The quantitative estimate of drug-likeness (QED) is 0.848. The molecule has 0 saturated heterocycles. The number of hydrogen-bond acceptors (Lipinski definition) is 2. The molecule has 0 amide bonds. The number of ether oxygens (including phenoxy) is 1. The zero-order valence-electron chi connectivity index (χ0n) is 10.1. The first-order valence-corrected chi connectivity index (χ1v) is 6.12. The average molecular weight is 220 g/mol. The Morgan fingerprint density at radius 3 is 2.56 bits per heavy atom. The molecule has 0 aromatic heterocycles. The van der Waals surface area contributed by atoms with Crippen LogP contribution in [0.5, 0.6) is 5.75 Å². The van der Waals surface area contributed by atoms with Gasteiger partial charge < -0.3 is 9.84 Å². The van der Waals surface area contributed by atoms with Crippen molar-refractivity contribution in [1.29, 1.82) is 0 Å². The van der Waals surface area contributed by atoms with Crippen LogP contribution < -0.4 is 4.74 Å². The molecule has 1 aliphatic rings. The third-order valence-corrected chi connectivity index (χ3v) is 3.68. The minimum atomic E-state index is -0.620. The highest BCUT2D eigenvalue weighted by molar-refractivity contribution is 5.31. The van der Waals surface area contributed by atoms with Crippen molar-refractivity contribution in [2.75, 3.05) is 6.61 Å². The molecule has 0 bridgehead atoms. The summed E-state index contributed by atoms with van der Waals surface area (Å²) in [5, 5.41) is 10.6. The lowest BCUT2D eigenvalue weighted by atomic mass is 9.85. The van der Waals surface area contributed by atoms with Gasteiger partial charge in [-0.1, -0.05) is 19.1 Å². The Morgan fingerprint density at radius 2 is 2.06 bits per heavy atom. The minimum absolute atomic E-state index is 0.352. The molecule has 1 aromatic rings. The molecule has 1 N–H and O–H groups in total. The molecule has 1 saturated carbocycles. The zero-order valence-corrected chi connectivity index (χ0v) is 10.1. The zero-order chi connectivity index (χ0) is 11.6. The third kappa shape index (κ3) is 1.94. The Bertz CT molecular complexity index is 344. The summed E-state index contributed by atoms with van der Waals surface area (Å²) in [6, 6.07) is 7.88. The lowest BCUT2D eigenvalue weighted by Gasteiger charge is -2.28. The number of rotatable bonds is 3. The number of hydrogen-bond donors (Lipinski definition) is 1. The standard InChI is InChI=1S/C14H20O2/c1-3-16-13-8-6-12(7-9-13)14(15)10-4-5-11(14)2/h6-9,11,15H,3-5,10H2,1-2H3. The fourth-order valence-corrected chi connectivity index (χ4v) is 2.60. The van der Waals surface area contributed by atoms with Gasteiger partial charge in [-0.05, 0) is 49.8 Å². The van der Waals surface area contributed by atoms with E-state index < -0.39 is 5.60 Å². The van der Waals surface area contributed by atoms with Crippen molar-refractivity contribution in [1.82, 2.24) is 0 Å². The average Bonchev–Trinajstić information content (AvgIpc) is 2.62. The van der Waals surface area contributed by atoms with Gasteiger partial charge in [-0.15, -0.1) is 0 Å². The lowest BCUT2D eigenvalue weighted by Crippen LogP contribution is -2.28. The van der Waals surface area contributed by atoms with E-state index >= 15 is 0 Å². The van der Waals surface area contributed by atoms with E-state index in [9.17, 15) is 5.11 Å². The molecular weight excluding hydrogens is 200 g/mol. The fraction of sp³-hybridized carbons (Fsp3) is 0.571. The summed E-state index contributed by atoms with van der Waals surface area (Å²) in [4.78, 5) is 0. The first kappa shape index (κ1) is 11.5. The van der Waals surface area contributed by atoms with Crippen LogP contribution in [0.15, 0.2) is 24.3 Å². The van der Waals surface area contributed by atoms with Crippen LogP contribution in [-0.4, -0.2) is 11.7 Å². The molecule has 2 heteroatoms. The van der Waals surface area contributed by atoms with Gasteiger partial charge in [0, 0.05) is 0 Å². The van der Waals surface area contributed by atoms with Crippen LogP contribution in [0.2, 0.25) is 0 Å². The van der Waals surface area contributed by atoms with Crippen LogP contribution in [0.25, 0.3) is 0 Å². The summed E-state index contributed by atoms with van der Waals surface area (Å²) >= 11 is 0. The molecule has 16 heavy (non-hydrogen) atoms. The monoisotopic (exact) mass is 220 g/mol. The smallest absolute Gasteiger partial charge is 0.119 e. The van der Waals surface area contributed by atoms with E-state index in [1.54, 1.807) is 0 Å². The van der Waals surface area contributed by atoms with Crippen molar-refractivity contribution in [3.05, 3.63) is 29.8 Å². The highest BCUT2D eigenvalue weighted by atomic mass is 16.5. The van der Waals surface area contributed by atoms with E-state index in [1.165, 1.54) is 0 Å². The normalized spacial score (nSPS) is 29.3. The third-order valence-electron chi connectivity index (χ3n) is 3.68. The first-order valence-electron chi connectivity index (χ1n) is 6.12. The van der Waals surface area contributed by atoms with E-state index in [0.717, 1.165) is 30.6 Å². The molecule has 0 radical (unpaired) electrons. The Kier molecular flexibility index (Phi) is 3.20. The summed E-state index contributed by atoms with van der Waals surface area (Å²) in [5.74, 6) is 1.23. The molecule has 1 aliphatic carbocycles. The van der Waals surface area contributed by atoms with Gasteiger partial charge in [0.2, 0.25) is 0 Å². The minimum Gasteiger partial charge on any atom is -0.494 e. The van der Waals surface area contributed by atoms with Crippen LogP contribution in [0.4, 0.5) is 0 Å². The summed E-state index contributed by atoms with van der Waals surface area (Å²) < 4.78 is 5.40. The SMILES string of the molecule is CCOc1ccc(C2(O)CCCC2C)cc1. The van der Waals surface area contributed by atoms with Gasteiger partial charge in [0.15, 0.2) is 0 Å². The van der Waals surface area contributed by atoms with Crippen LogP contribution >= 0.6 is 0 Å². The molecule has 2 rings (SSSR count). The maximum absolute atomic E-state index is 10.6. The Morgan fingerprint density at radius 1 is 1.38 bits per heavy atom. The second-order valence-corrected chi connectivity index (χ2v) is 4.67. The molecule has 2 atom stereocenters. The maximum Gasteiger partial charge on any atom is 0.119 e. The Hall–Kier alpha value is -1.02. The van der Waals surface area contributed by atoms with Gasteiger partial charge in [0.1, 0.15) is 5.75 Å². The van der Waals surface area contributed by atoms with Gasteiger partial charge in [-0.3, -0.25) is 0 Å². The van der Waals surface area contributed by atoms with Gasteiger partial charge in [-0.25, -0.2) is 0 Å². The van der Waals surface area contributed by atoms with Crippen LogP contribution in [0, 0.1) is 5.92 Å². The second kappa shape index (κ2) is 4.46. The van der Waals surface area contributed by atoms with Gasteiger partial charge >= 0.3 is 0 Å². The van der Waals surface area contributed by atoms with E-state index in [1.807, 2.05) is 31.2 Å². The molecule has 88 valence electrons. The van der Waals surface area contributed by atoms with E-state index in [2.05, 4.69) is 6.92 Å². The molecule has 0 spiro atoms. The predicted molar refractivity (Wildman–Crippen MR) is 64.5 cm³/mol. The highest BCUT2D eigenvalue weighted by Crippen LogP contribution is 2.43. The van der Waals surface area contributed by atoms with Gasteiger partial charge in [0.25, 0.3) is 0 Å². The van der Waals surface area contributed by atoms with Crippen molar-refractivity contribution in [2.24, 2.45) is 5.92 Å². The summed E-state index contributed by atoms with van der Waals surface area (Å²) in [5.41, 5.74) is 0.408. The molecule has 0 heterocycles. The van der Waals surface area contributed by atoms with Crippen molar-refractivity contribution in [3.8, 4) is 5.75 Å². The largest absolute Gasteiger partial charge is 0.494 e. The van der Waals surface area contributed by atoms with Crippen molar-refractivity contribution < 1.29 is 9.84 Å². The summed E-state index contributed by atoms with van der Waals surface area (Å²) in [7, 11) is 0. The molecule has 0 aliphatic heterocycles. The van der Waals surface area contributed by atoms with Crippen molar-refractivity contribution in [2.45, 2.75) is 38.7 Å². The first-order chi connectivity index (χ1) is 7.66. The Balaban J connectivity index is 2.20. The molecule has 2 nitrogen and oxygen atoms in total. The van der Waals surface area contributed by atoms with Crippen LogP contribution in [0.3, 0.4) is 0 Å². The summed E-state index contributed by atoms with van der Waals surface area (Å²) in [6.07, 6.45) is 3.11. The van der Waals surface area contributed by atoms with E-state index in [0.29, 0.717) is 12.5 Å². The van der Waals surface area contributed by atoms with Crippen LogP contribution in [0.1, 0.15) is 38.7 Å². The molecular formula is C14H20O2. The second-order valence-electron chi connectivity index (χ2n) is 4.67. The van der Waals surface area contributed by atoms with E-state index in [-0.39, 0.29) is 0 Å². The fourth-order valence-electron chi connectivity index (χ4n) is 2.60. The number of aliphatic hydroxyl groups is 1. The van der Waals surface area contributed by atoms with Gasteiger partial charge in [-0.2, -0.15) is 0 Å². The Labute approximate surface area is 97.3 Å². The topological polar surface area (TPSA) is 29.5 Å². The van der Waals surface area contributed by atoms with Crippen LogP contribution in [-0.2, 0) is 5.60 Å². The molecule has 2 unspecified atom stereocenters. The van der Waals surface area contributed by atoms with E-state index in [4.69, 9.17) is 4.74 Å². The summed E-state index contributed by atoms with van der Waals surface area (Å²) in [6.45, 7) is 4.78. The molecule has 1 fully saturated rings. The lowest BCUT2D eigenvalue weighted by molar-refractivity contribution is 0.00445. The maximum atomic E-state index is 10.6. The van der Waals surface area contributed by atoms with Gasteiger partial charge in [0.05, 0.1) is 12.2 Å². The number of benzene rings is 1. The van der Waals surface area contributed by atoms with Crippen molar-refractivity contribution in [3.63, 3.8) is 0 Å². The predicted octanol–water partition coefficient (Wildman–Crippen LogP) is 3.09. The van der Waals surface area contributed by atoms with Crippen molar-refractivity contribution >= 4 is 0 Å². The molecule has 1 aromatic carbocycles. The highest BCUT2D eigenvalue weighted by Gasteiger charge is 2.39.